The number of nitrogens with zero attached hydrogens (tertiary/aromatic N) is 1. The van der Waals surface area contributed by atoms with E-state index in [1.807, 2.05) is 0 Å². The van der Waals surface area contributed by atoms with Crippen molar-refractivity contribution in [3.05, 3.63) is 7.05 Å². The van der Waals surface area contributed by atoms with Gasteiger partial charge in [0.25, 0.3) is 0 Å². The summed E-state index contributed by atoms with van der Waals surface area (Å²) in [6, 6.07) is 0. The van der Waals surface area contributed by atoms with Crippen molar-refractivity contribution >= 4 is 0 Å². The van der Waals surface area contributed by atoms with Gasteiger partial charge in [0.2, 0.25) is 0 Å². The number of hydrogen-bond acceptors (Lipinski definition) is 1. The minimum Gasteiger partial charge on any atom is -0.459 e. The third-order valence-electron chi connectivity index (χ3n) is 1.61. The second-order valence-corrected chi connectivity index (χ2v) is 2.31. The summed E-state index contributed by atoms with van der Waals surface area (Å²) in [5.74, 6) is 0.956. The molecule has 0 atom stereocenters. The molecule has 0 bridgehead atoms. The molecule has 1 heterocycles. The van der Waals surface area contributed by atoms with Crippen molar-refractivity contribution in [3.63, 3.8) is 0 Å². The maximum Gasteiger partial charge on any atom is -0.0209 e. The van der Waals surface area contributed by atoms with E-state index in [-0.39, 0.29) is 0 Å². The Bertz CT molecular complexity index is 55.2. The van der Waals surface area contributed by atoms with Gasteiger partial charge in [-0.2, -0.15) is 0 Å². The van der Waals surface area contributed by atoms with Crippen molar-refractivity contribution in [2.24, 2.45) is 5.92 Å². The molecule has 1 nitrogen and oxygen atoms in total. The van der Waals surface area contributed by atoms with Gasteiger partial charge in [-0.1, -0.05) is 13.3 Å². The normalized spacial score (nSPS) is 24.9. The minimum atomic E-state index is 0.956. The lowest BCUT2D eigenvalue weighted by atomic mass is 9.99. The Morgan fingerprint density at radius 1 is 1.71 bits per heavy atom. The Kier molecular flexibility index (Phi) is 1.33. The first-order valence-corrected chi connectivity index (χ1v) is 2.88. The maximum absolute atomic E-state index is 3.78. The molecule has 0 N–H and O–H groups in total. The van der Waals surface area contributed by atoms with Crippen LogP contribution in [0.3, 0.4) is 0 Å². The molecule has 1 heteroatoms. The van der Waals surface area contributed by atoms with Gasteiger partial charge in [0, 0.05) is 0 Å². The molecule has 1 rings (SSSR count). The quantitative estimate of drug-likeness (QED) is 0.444. The SMILES string of the molecule is [CH2-]N1CC(CC)C1. The van der Waals surface area contributed by atoms with E-state index in [9.17, 15) is 0 Å². The average Bonchev–Trinajstić information content (AvgIpc) is 1.58. The molecular formula is C6H12N-. The molecule has 0 radical (unpaired) electrons. The Morgan fingerprint density at radius 2 is 2.29 bits per heavy atom. The van der Waals surface area contributed by atoms with E-state index in [4.69, 9.17) is 0 Å². The van der Waals surface area contributed by atoms with Crippen LogP contribution in [-0.4, -0.2) is 18.0 Å². The van der Waals surface area contributed by atoms with Crippen LogP contribution in [0.1, 0.15) is 13.3 Å². The highest BCUT2D eigenvalue weighted by Crippen LogP contribution is 2.15. The van der Waals surface area contributed by atoms with Crippen LogP contribution < -0.4 is 0 Å². The Labute approximate surface area is 45.3 Å². The van der Waals surface area contributed by atoms with Crippen molar-refractivity contribution in [1.29, 1.82) is 0 Å². The van der Waals surface area contributed by atoms with Gasteiger partial charge < -0.3 is 4.90 Å². The number of hydrogen-bond donors (Lipinski definition) is 0. The first kappa shape index (κ1) is 5.10. The summed E-state index contributed by atoms with van der Waals surface area (Å²) in [7, 11) is 3.78. The summed E-state index contributed by atoms with van der Waals surface area (Å²) >= 11 is 0. The van der Waals surface area contributed by atoms with Crippen molar-refractivity contribution < 1.29 is 0 Å². The van der Waals surface area contributed by atoms with E-state index in [0.717, 1.165) is 5.92 Å². The summed E-state index contributed by atoms with van der Waals surface area (Å²) in [4.78, 5) is 2.11. The summed E-state index contributed by atoms with van der Waals surface area (Å²) in [5, 5.41) is 0. The second-order valence-electron chi connectivity index (χ2n) is 2.31. The molecular weight excluding hydrogens is 86.1 g/mol. The molecule has 1 saturated heterocycles. The largest absolute Gasteiger partial charge is 0.459 e. The molecule has 0 aliphatic carbocycles. The molecule has 0 amide bonds. The predicted octanol–water partition coefficient (Wildman–Crippen LogP) is 1.12. The molecule has 0 aromatic heterocycles. The molecule has 42 valence electrons. The first-order valence-electron chi connectivity index (χ1n) is 2.88. The van der Waals surface area contributed by atoms with Crippen molar-refractivity contribution in [3.8, 4) is 0 Å². The van der Waals surface area contributed by atoms with Crippen LogP contribution in [-0.2, 0) is 0 Å². The second kappa shape index (κ2) is 1.83. The van der Waals surface area contributed by atoms with Gasteiger partial charge in [0.15, 0.2) is 0 Å². The average molecular weight is 98.2 g/mol. The summed E-state index contributed by atoms with van der Waals surface area (Å²) < 4.78 is 0. The molecule has 0 aromatic rings. The van der Waals surface area contributed by atoms with Gasteiger partial charge in [-0.05, 0) is 19.0 Å². The Hall–Kier alpha value is -0.0400. The zero-order valence-corrected chi connectivity index (χ0v) is 4.85. The fraction of sp³-hybridized carbons (Fsp3) is 0.833. The van der Waals surface area contributed by atoms with Crippen LogP contribution >= 0.6 is 0 Å². The van der Waals surface area contributed by atoms with E-state index in [0.29, 0.717) is 0 Å². The van der Waals surface area contributed by atoms with Crippen molar-refractivity contribution in [2.75, 3.05) is 13.1 Å². The maximum atomic E-state index is 3.78. The van der Waals surface area contributed by atoms with Gasteiger partial charge in [0.05, 0.1) is 0 Å². The molecule has 1 aliphatic rings. The van der Waals surface area contributed by atoms with E-state index in [1.165, 1.54) is 19.5 Å². The van der Waals surface area contributed by atoms with Gasteiger partial charge in [-0.15, -0.1) is 0 Å². The lowest BCUT2D eigenvalue weighted by Crippen LogP contribution is -2.41. The zero-order chi connectivity index (χ0) is 5.28. The van der Waals surface area contributed by atoms with Crippen LogP contribution in [0.5, 0.6) is 0 Å². The van der Waals surface area contributed by atoms with Crippen LogP contribution in [0.4, 0.5) is 0 Å². The molecule has 0 spiro atoms. The third-order valence-corrected chi connectivity index (χ3v) is 1.61. The smallest absolute Gasteiger partial charge is 0.0209 e. The van der Waals surface area contributed by atoms with Crippen molar-refractivity contribution in [2.45, 2.75) is 13.3 Å². The standard InChI is InChI=1S/C6H12N/c1-3-6-4-7(2)5-6/h6H,2-5H2,1H3/q-1. The fourth-order valence-corrected chi connectivity index (χ4v) is 0.935. The highest BCUT2D eigenvalue weighted by atomic mass is 15.2. The number of rotatable bonds is 1. The van der Waals surface area contributed by atoms with Gasteiger partial charge in [-0.3, -0.25) is 7.05 Å². The molecule has 7 heavy (non-hydrogen) atoms. The van der Waals surface area contributed by atoms with Crippen LogP contribution in [0.15, 0.2) is 0 Å². The van der Waals surface area contributed by atoms with Gasteiger partial charge in [0.1, 0.15) is 0 Å². The third kappa shape index (κ3) is 0.942. The summed E-state index contributed by atoms with van der Waals surface area (Å²) in [6.45, 7) is 4.67. The lowest BCUT2D eigenvalue weighted by molar-refractivity contribution is 0.153. The fourth-order valence-electron chi connectivity index (χ4n) is 0.935. The Morgan fingerprint density at radius 3 is 2.43 bits per heavy atom. The lowest BCUT2D eigenvalue weighted by Gasteiger charge is -2.42. The molecule has 1 fully saturated rings. The van der Waals surface area contributed by atoms with Gasteiger partial charge in [-0.25, -0.2) is 0 Å². The highest BCUT2D eigenvalue weighted by Gasteiger charge is 2.15. The topological polar surface area (TPSA) is 3.24 Å². The van der Waals surface area contributed by atoms with E-state index in [1.54, 1.807) is 0 Å². The summed E-state index contributed by atoms with van der Waals surface area (Å²) in [5.41, 5.74) is 0. The van der Waals surface area contributed by atoms with Crippen LogP contribution in [0.25, 0.3) is 0 Å². The zero-order valence-electron chi connectivity index (χ0n) is 4.85. The first-order chi connectivity index (χ1) is 3.33. The van der Waals surface area contributed by atoms with Crippen LogP contribution in [0, 0.1) is 13.0 Å². The highest BCUT2D eigenvalue weighted by molar-refractivity contribution is 4.76. The predicted molar refractivity (Wildman–Crippen MR) is 30.7 cm³/mol. The molecule has 0 unspecified atom stereocenters. The molecule has 1 aliphatic heterocycles. The van der Waals surface area contributed by atoms with Gasteiger partial charge >= 0.3 is 0 Å². The Balaban J connectivity index is 2.06. The summed E-state index contributed by atoms with van der Waals surface area (Å²) in [6.07, 6.45) is 1.33. The molecule has 0 saturated carbocycles. The minimum absolute atomic E-state index is 0.956. The van der Waals surface area contributed by atoms with E-state index < -0.39 is 0 Å². The van der Waals surface area contributed by atoms with E-state index >= 15 is 0 Å². The molecule has 0 aromatic carbocycles. The monoisotopic (exact) mass is 98.1 g/mol. The van der Waals surface area contributed by atoms with Crippen LogP contribution in [0.2, 0.25) is 0 Å². The van der Waals surface area contributed by atoms with Crippen molar-refractivity contribution in [1.82, 2.24) is 4.90 Å². The number of likely N-dealkylation sites (tertiary alicyclic amines) is 1. The van der Waals surface area contributed by atoms with E-state index in [2.05, 4.69) is 18.9 Å².